The van der Waals surface area contributed by atoms with Gasteiger partial charge in [0, 0.05) is 19.3 Å². The summed E-state index contributed by atoms with van der Waals surface area (Å²) in [6.07, 6.45) is 3.59. The van der Waals surface area contributed by atoms with E-state index < -0.39 is 6.10 Å². The van der Waals surface area contributed by atoms with Crippen LogP contribution in [-0.2, 0) is 6.42 Å². The van der Waals surface area contributed by atoms with Crippen LogP contribution in [0.1, 0.15) is 35.7 Å². The molecule has 1 fully saturated rings. The molecule has 5 nitrogen and oxygen atoms in total. The molecule has 2 unspecified atom stereocenters. The number of aromatic nitrogens is 1. The summed E-state index contributed by atoms with van der Waals surface area (Å²) in [5, 5.41) is 12.9. The zero-order valence-corrected chi connectivity index (χ0v) is 14.6. The van der Waals surface area contributed by atoms with Gasteiger partial charge in [-0.2, -0.15) is 0 Å². The van der Waals surface area contributed by atoms with Gasteiger partial charge < -0.3 is 15.3 Å². The van der Waals surface area contributed by atoms with Crippen LogP contribution >= 0.6 is 0 Å². The number of pyridine rings is 1. The van der Waals surface area contributed by atoms with Crippen molar-refractivity contribution in [1.82, 2.24) is 15.2 Å². The molecule has 132 valence electrons. The lowest BCUT2D eigenvalue weighted by atomic mass is 10.0. The van der Waals surface area contributed by atoms with Crippen molar-refractivity contribution in [2.75, 3.05) is 13.1 Å². The van der Waals surface area contributed by atoms with Crippen LogP contribution in [0.5, 0.6) is 0 Å². The molecule has 1 aromatic heterocycles. The molecule has 2 aromatic rings. The van der Waals surface area contributed by atoms with Crippen LogP contribution in [0.25, 0.3) is 0 Å². The van der Waals surface area contributed by atoms with E-state index in [-0.39, 0.29) is 12.1 Å². The summed E-state index contributed by atoms with van der Waals surface area (Å²) in [5.41, 5.74) is 3.21. The first-order valence-corrected chi connectivity index (χ1v) is 8.82. The van der Waals surface area contributed by atoms with Crippen LogP contribution in [0.15, 0.2) is 48.7 Å². The lowest BCUT2D eigenvalue weighted by molar-refractivity contribution is 0.0832. The Morgan fingerprint density at radius 3 is 2.80 bits per heavy atom. The normalized spacial score (nSPS) is 18.6. The van der Waals surface area contributed by atoms with Crippen LogP contribution in [-0.4, -0.2) is 40.2 Å². The first-order chi connectivity index (χ1) is 12.1. The van der Waals surface area contributed by atoms with E-state index in [1.807, 2.05) is 18.2 Å². The molecule has 1 aromatic carbocycles. The molecule has 0 aliphatic carbocycles. The summed E-state index contributed by atoms with van der Waals surface area (Å²) in [6, 6.07) is 13.7. The number of benzene rings is 1. The van der Waals surface area contributed by atoms with E-state index in [4.69, 9.17) is 0 Å². The number of aliphatic hydroxyl groups is 1. The molecule has 3 rings (SSSR count). The predicted molar refractivity (Wildman–Crippen MR) is 97.2 cm³/mol. The molecule has 0 spiro atoms. The highest BCUT2D eigenvalue weighted by atomic mass is 16.3. The van der Waals surface area contributed by atoms with Crippen LogP contribution in [0, 0.1) is 6.92 Å². The average molecular weight is 339 g/mol. The maximum atomic E-state index is 12.6. The van der Waals surface area contributed by atoms with Crippen LogP contribution in [0.3, 0.4) is 0 Å². The molecule has 2 atom stereocenters. The SMILES string of the molecule is Cc1ccc(CC(NC(=O)N2CCCC(O)C2)c2ccccn2)cc1. The highest BCUT2D eigenvalue weighted by Crippen LogP contribution is 2.18. The summed E-state index contributed by atoms with van der Waals surface area (Å²) in [4.78, 5) is 18.8. The minimum atomic E-state index is -0.426. The Labute approximate surface area is 148 Å². The monoisotopic (exact) mass is 339 g/mol. The summed E-state index contributed by atoms with van der Waals surface area (Å²) in [6.45, 7) is 3.14. The third kappa shape index (κ3) is 4.79. The zero-order valence-electron chi connectivity index (χ0n) is 14.6. The molecular formula is C20H25N3O2. The minimum Gasteiger partial charge on any atom is -0.391 e. The summed E-state index contributed by atoms with van der Waals surface area (Å²) < 4.78 is 0. The van der Waals surface area contributed by atoms with Crippen molar-refractivity contribution in [2.24, 2.45) is 0 Å². The number of carbonyl (C=O) groups excluding carboxylic acids is 1. The quantitative estimate of drug-likeness (QED) is 0.900. The lowest BCUT2D eigenvalue weighted by Crippen LogP contribution is -2.48. The van der Waals surface area contributed by atoms with Gasteiger partial charge in [-0.15, -0.1) is 0 Å². The van der Waals surface area contributed by atoms with Crippen LogP contribution < -0.4 is 5.32 Å². The van der Waals surface area contributed by atoms with Crippen LogP contribution in [0.2, 0.25) is 0 Å². The van der Waals surface area contributed by atoms with Gasteiger partial charge in [0.2, 0.25) is 0 Å². The van der Waals surface area contributed by atoms with Gasteiger partial charge >= 0.3 is 6.03 Å². The van der Waals surface area contributed by atoms with Gasteiger partial charge in [-0.3, -0.25) is 4.98 Å². The molecule has 1 aliphatic rings. The molecule has 5 heteroatoms. The van der Waals surface area contributed by atoms with Gasteiger partial charge in [-0.25, -0.2) is 4.79 Å². The first-order valence-electron chi connectivity index (χ1n) is 8.82. The number of carbonyl (C=O) groups is 1. The van der Waals surface area contributed by atoms with E-state index in [1.165, 1.54) is 5.56 Å². The Kier molecular flexibility index (Phi) is 5.66. The number of piperidine rings is 1. The molecule has 1 saturated heterocycles. The van der Waals surface area contributed by atoms with Gasteiger partial charge in [0.1, 0.15) is 0 Å². The van der Waals surface area contributed by atoms with E-state index >= 15 is 0 Å². The van der Waals surface area contributed by atoms with Gasteiger partial charge in [-0.05, 0) is 43.9 Å². The van der Waals surface area contributed by atoms with Crippen molar-refractivity contribution in [3.8, 4) is 0 Å². The van der Waals surface area contributed by atoms with Crippen molar-refractivity contribution >= 4 is 6.03 Å². The third-order valence-corrected chi connectivity index (χ3v) is 4.59. The fourth-order valence-electron chi connectivity index (χ4n) is 3.15. The molecule has 25 heavy (non-hydrogen) atoms. The van der Waals surface area contributed by atoms with E-state index in [0.717, 1.165) is 24.1 Å². The van der Waals surface area contributed by atoms with Crippen molar-refractivity contribution in [3.05, 3.63) is 65.5 Å². The molecule has 1 aliphatic heterocycles. The fourth-order valence-corrected chi connectivity index (χ4v) is 3.15. The Morgan fingerprint density at radius 2 is 2.12 bits per heavy atom. The summed E-state index contributed by atoms with van der Waals surface area (Å²) >= 11 is 0. The van der Waals surface area contributed by atoms with Crippen molar-refractivity contribution in [1.29, 1.82) is 0 Å². The van der Waals surface area contributed by atoms with E-state index in [9.17, 15) is 9.90 Å². The smallest absolute Gasteiger partial charge is 0.318 e. The minimum absolute atomic E-state index is 0.137. The molecular weight excluding hydrogens is 314 g/mol. The van der Waals surface area contributed by atoms with E-state index in [0.29, 0.717) is 19.5 Å². The Balaban J connectivity index is 1.74. The maximum absolute atomic E-state index is 12.6. The number of aliphatic hydroxyl groups excluding tert-OH is 1. The van der Waals surface area contributed by atoms with Gasteiger partial charge in [0.25, 0.3) is 0 Å². The standard InChI is InChI=1S/C20H25N3O2/c1-15-7-9-16(10-8-15)13-19(18-6-2-3-11-21-18)22-20(25)23-12-4-5-17(24)14-23/h2-3,6-11,17,19,24H,4-5,12-14H2,1H3,(H,22,25). The molecule has 0 saturated carbocycles. The van der Waals surface area contributed by atoms with Gasteiger partial charge in [-0.1, -0.05) is 35.9 Å². The molecule has 2 heterocycles. The molecule has 2 N–H and O–H groups in total. The predicted octanol–water partition coefficient (Wildman–Crippen LogP) is 2.84. The molecule has 0 bridgehead atoms. The van der Waals surface area contributed by atoms with E-state index in [1.54, 1.807) is 11.1 Å². The summed E-state index contributed by atoms with van der Waals surface area (Å²) in [7, 11) is 0. The Hall–Kier alpha value is -2.40. The largest absolute Gasteiger partial charge is 0.391 e. The lowest BCUT2D eigenvalue weighted by Gasteiger charge is -2.31. The number of hydrogen-bond donors (Lipinski definition) is 2. The first kappa shape index (κ1) is 17.4. The topological polar surface area (TPSA) is 65.5 Å². The second-order valence-corrected chi connectivity index (χ2v) is 6.69. The number of likely N-dealkylation sites (tertiary alicyclic amines) is 1. The highest BCUT2D eigenvalue weighted by Gasteiger charge is 2.25. The number of aryl methyl sites for hydroxylation is 1. The van der Waals surface area contributed by atoms with Crippen molar-refractivity contribution < 1.29 is 9.90 Å². The number of urea groups is 1. The molecule has 0 radical (unpaired) electrons. The summed E-state index contributed by atoms with van der Waals surface area (Å²) in [5.74, 6) is 0. The highest BCUT2D eigenvalue weighted by molar-refractivity contribution is 5.74. The second-order valence-electron chi connectivity index (χ2n) is 6.69. The van der Waals surface area contributed by atoms with Crippen molar-refractivity contribution in [2.45, 2.75) is 38.3 Å². The second kappa shape index (κ2) is 8.12. The number of hydrogen-bond acceptors (Lipinski definition) is 3. The number of nitrogens with one attached hydrogen (secondary N) is 1. The van der Waals surface area contributed by atoms with Gasteiger partial charge in [0.15, 0.2) is 0 Å². The van der Waals surface area contributed by atoms with E-state index in [2.05, 4.69) is 41.5 Å². The fraction of sp³-hybridized carbons (Fsp3) is 0.400. The number of amides is 2. The Morgan fingerprint density at radius 1 is 1.32 bits per heavy atom. The Bertz CT molecular complexity index is 688. The number of rotatable bonds is 4. The van der Waals surface area contributed by atoms with Crippen LogP contribution in [0.4, 0.5) is 4.79 Å². The number of nitrogens with zero attached hydrogens (tertiary/aromatic N) is 2. The van der Waals surface area contributed by atoms with Crippen molar-refractivity contribution in [3.63, 3.8) is 0 Å². The average Bonchev–Trinajstić information content (AvgIpc) is 2.63. The number of β-amino-alcohol motifs (C(OH)–C–C–N with tert-alkyl or cyclic N) is 1. The zero-order chi connectivity index (χ0) is 17.6. The maximum Gasteiger partial charge on any atom is 0.318 e. The third-order valence-electron chi connectivity index (χ3n) is 4.59. The van der Waals surface area contributed by atoms with Gasteiger partial charge in [0.05, 0.1) is 17.8 Å². The molecule has 2 amide bonds.